The molecule has 148 valence electrons. The zero-order chi connectivity index (χ0) is 19.4. The Balaban J connectivity index is 1.79. The lowest BCUT2D eigenvalue weighted by molar-refractivity contribution is -0.133. The molecular weight excluding hydrogens is 342 g/mol. The molecule has 6 nitrogen and oxygen atoms in total. The molecule has 6 heteroatoms. The molecule has 0 radical (unpaired) electrons. The summed E-state index contributed by atoms with van der Waals surface area (Å²) in [5.74, 6) is 0.390. The van der Waals surface area contributed by atoms with Crippen molar-refractivity contribution in [3.63, 3.8) is 0 Å². The third-order valence-electron chi connectivity index (χ3n) is 5.24. The van der Waals surface area contributed by atoms with Crippen molar-refractivity contribution in [2.24, 2.45) is 5.92 Å². The summed E-state index contributed by atoms with van der Waals surface area (Å²) >= 11 is 0. The molecule has 2 fully saturated rings. The Hall–Kier alpha value is -2.08. The van der Waals surface area contributed by atoms with Gasteiger partial charge in [0.1, 0.15) is 0 Å². The van der Waals surface area contributed by atoms with E-state index in [-0.39, 0.29) is 23.8 Å². The van der Waals surface area contributed by atoms with E-state index in [0.29, 0.717) is 19.5 Å². The Kier molecular flexibility index (Phi) is 6.37. The molecule has 0 aromatic heterocycles. The van der Waals surface area contributed by atoms with Gasteiger partial charge < -0.3 is 19.9 Å². The van der Waals surface area contributed by atoms with E-state index in [2.05, 4.69) is 5.32 Å². The molecule has 0 spiro atoms. The predicted octanol–water partition coefficient (Wildman–Crippen LogP) is 3.02. The van der Waals surface area contributed by atoms with Crippen LogP contribution in [0.15, 0.2) is 18.2 Å². The number of nitrogens with zero attached hydrogens (tertiary/aromatic N) is 2. The maximum absolute atomic E-state index is 12.5. The molecule has 1 aliphatic carbocycles. The topological polar surface area (TPSA) is 61.9 Å². The normalized spacial score (nSPS) is 19.0. The van der Waals surface area contributed by atoms with E-state index < -0.39 is 0 Å². The first-order chi connectivity index (χ1) is 13.0. The van der Waals surface area contributed by atoms with Crippen molar-refractivity contribution >= 4 is 23.2 Å². The predicted molar refractivity (Wildman–Crippen MR) is 107 cm³/mol. The SMILES string of the molecule is CCC(=O)N(Cc1cc(NC(=O)C2CC2)ccc1N(C)C)CC1CCCO1. The number of carbonyl (C=O) groups is 2. The third kappa shape index (κ3) is 5.22. The van der Waals surface area contributed by atoms with Crippen LogP contribution in [0, 0.1) is 5.92 Å². The van der Waals surface area contributed by atoms with Crippen molar-refractivity contribution in [3.05, 3.63) is 23.8 Å². The monoisotopic (exact) mass is 373 g/mol. The minimum Gasteiger partial charge on any atom is -0.377 e. The fraction of sp³-hybridized carbons (Fsp3) is 0.619. The van der Waals surface area contributed by atoms with Gasteiger partial charge in [0.05, 0.1) is 6.10 Å². The number of rotatable bonds is 8. The zero-order valence-corrected chi connectivity index (χ0v) is 16.7. The molecule has 2 amide bonds. The summed E-state index contributed by atoms with van der Waals surface area (Å²) in [6, 6.07) is 5.95. The van der Waals surface area contributed by atoms with Crippen molar-refractivity contribution < 1.29 is 14.3 Å². The van der Waals surface area contributed by atoms with Gasteiger partial charge in [0.15, 0.2) is 0 Å². The first kappa shape index (κ1) is 19.7. The van der Waals surface area contributed by atoms with Gasteiger partial charge in [0.25, 0.3) is 0 Å². The fourth-order valence-corrected chi connectivity index (χ4v) is 3.53. The van der Waals surface area contributed by atoms with Crippen LogP contribution >= 0.6 is 0 Å². The number of hydrogen-bond acceptors (Lipinski definition) is 4. The molecule has 1 saturated carbocycles. The molecule has 0 bridgehead atoms. The molecule has 1 unspecified atom stereocenters. The Morgan fingerprint density at radius 3 is 2.59 bits per heavy atom. The van der Waals surface area contributed by atoms with E-state index in [1.165, 1.54) is 0 Å². The van der Waals surface area contributed by atoms with E-state index in [0.717, 1.165) is 49.2 Å². The van der Waals surface area contributed by atoms with Crippen LogP contribution in [0.25, 0.3) is 0 Å². The highest BCUT2D eigenvalue weighted by molar-refractivity contribution is 5.94. The van der Waals surface area contributed by atoms with Gasteiger partial charge in [-0.1, -0.05) is 6.92 Å². The van der Waals surface area contributed by atoms with Crippen molar-refractivity contribution in [1.29, 1.82) is 0 Å². The number of ether oxygens (including phenoxy) is 1. The van der Waals surface area contributed by atoms with Gasteiger partial charge in [0.2, 0.25) is 11.8 Å². The highest BCUT2D eigenvalue weighted by atomic mass is 16.5. The molecule has 1 heterocycles. The van der Waals surface area contributed by atoms with E-state index >= 15 is 0 Å². The van der Waals surface area contributed by atoms with E-state index in [9.17, 15) is 9.59 Å². The van der Waals surface area contributed by atoms with Crippen LogP contribution in [0.5, 0.6) is 0 Å². The average Bonchev–Trinajstić information content (AvgIpc) is 3.38. The minimum absolute atomic E-state index is 0.0967. The molecule has 1 aromatic rings. The second kappa shape index (κ2) is 8.74. The Labute approximate surface area is 161 Å². The quantitative estimate of drug-likeness (QED) is 0.761. The van der Waals surface area contributed by atoms with E-state index in [1.807, 2.05) is 49.0 Å². The summed E-state index contributed by atoms with van der Waals surface area (Å²) in [5, 5.41) is 3.01. The van der Waals surface area contributed by atoms with Gasteiger partial charge in [-0.05, 0) is 49.4 Å². The van der Waals surface area contributed by atoms with Gasteiger partial charge >= 0.3 is 0 Å². The van der Waals surface area contributed by atoms with Crippen LogP contribution in [-0.4, -0.2) is 50.1 Å². The largest absolute Gasteiger partial charge is 0.377 e. The van der Waals surface area contributed by atoms with Gasteiger partial charge in [0, 0.05) is 57.5 Å². The van der Waals surface area contributed by atoms with Gasteiger partial charge in [-0.25, -0.2) is 0 Å². The van der Waals surface area contributed by atoms with Gasteiger partial charge in [-0.2, -0.15) is 0 Å². The summed E-state index contributed by atoms with van der Waals surface area (Å²) in [5.41, 5.74) is 2.89. The molecule has 1 aliphatic heterocycles. The first-order valence-electron chi connectivity index (χ1n) is 9.98. The lowest BCUT2D eigenvalue weighted by Crippen LogP contribution is -2.36. The van der Waals surface area contributed by atoms with Crippen molar-refractivity contribution in [2.45, 2.75) is 51.7 Å². The second-order valence-electron chi connectivity index (χ2n) is 7.76. The number of amides is 2. The maximum Gasteiger partial charge on any atom is 0.227 e. The molecule has 1 saturated heterocycles. The highest BCUT2D eigenvalue weighted by Crippen LogP contribution is 2.31. The van der Waals surface area contributed by atoms with Crippen molar-refractivity contribution in [1.82, 2.24) is 4.90 Å². The summed E-state index contributed by atoms with van der Waals surface area (Å²) in [6.45, 7) is 3.82. The smallest absolute Gasteiger partial charge is 0.227 e. The standard InChI is InChI=1S/C21H31N3O3/c1-4-20(25)24(14-18-6-5-11-27-18)13-16-12-17(9-10-19(16)23(2)3)22-21(26)15-7-8-15/h9-10,12,15,18H,4-8,11,13-14H2,1-3H3,(H,22,26). The molecule has 1 atom stereocenters. The molecule has 3 rings (SSSR count). The lowest BCUT2D eigenvalue weighted by Gasteiger charge is -2.28. The van der Waals surface area contributed by atoms with Gasteiger partial charge in [-0.3, -0.25) is 9.59 Å². The van der Waals surface area contributed by atoms with Gasteiger partial charge in [-0.15, -0.1) is 0 Å². The first-order valence-corrected chi connectivity index (χ1v) is 9.98. The molecule has 1 N–H and O–H groups in total. The summed E-state index contributed by atoms with van der Waals surface area (Å²) in [6.07, 6.45) is 4.63. The van der Waals surface area contributed by atoms with Crippen LogP contribution < -0.4 is 10.2 Å². The van der Waals surface area contributed by atoms with Crippen molar-refractivity contribution in [2.75, 3.05) is 37.5 Å². The lowest BCUT2D eigenvalue weighted by atomic mass is 10.1. The Bertz CT molecular complexity index is 679. The number of nitrogens with one attached hydrogen (secondary N) is 1. The second-order valence-corrected chi connectivity index (χ2v) is 7.76. The van der Waals surface area contributed by atoms with Crippen LogP contribution in [-0.2, 0) is 20.9 Å². The van der Waals surface area contributed by atoms with Crippen LogP contribution in [0.2, 0.25) is 0 Å². The number of anilines is 2. The van der Waals surface area contributed by atoms with Crippen LogP contribution in [0.4, 0.5) is 11.4 Å². The number of benzene rings is 1. The summed E-state index contributed by atoms with van der Waals surface area (Å²) in [4.78, 5) is 28.6. The van der Waals surface area contributed by atoms with Crippen molar-refractivity contribution in [3.8, 4) is 0 Å². The number of carbonyl (C=O) groups excluding carboxylic acids is 2. The van der Waals surface area contributed by atoms with Crippen LogP contribution in [0.3, 0.4) is 0 Å². The Morgan fingerprint density at radius 2 is 2.00 bits per heavy atom. The maximum atomic E-state index is 12.5. The zero-order valence-electron chi connectivity index (χ0n) is 16.7. The van der Waals surface area contributed by atoms with Crippen LogP contribution in [0.1, 0.15) is 44.6 Å². The van der Waals surface area contributed by atoms with E-state index in [4.69, 9.17) is 4.74 Å². The third-order valence-corrected chi connectivity index (χ3v) is 5.24. The minimum atomic E-state index is 0.0967. The number of hydrogen-bond donors (Lipinski definition) is 1. The molecule has 27 heavy (non-hydrogen) atoms. The molecular formula is C21H31N3O3. The summed E-state index contributed by atoms with van der Waals surface area (Å²) < 4.78 is 5.74. The fourth-order valence-electron chi connectivity index (χ4n) is 3.53. The Morgan fingerprint density at radius 1 is 1.22 bits per heavy atom. The summed E-state index contributed by atoms with van der Waals surface area (Å²) in [7, 11) is 3.99. The van der Waals surface area contributed by atoms with E-state index in [1.54, 1.807) is 0 Å². The average molecular weight is 373 g/mol. The highest BCUT2D eigenvalue weighted by Gasteiger charge is 2.30. The molecule has 2 aliphatic rings. The molecule has 1 aromatic carbocycles.